The zero-order valence-electron chi connectivity index (χ0n) is 14.9. The SMILES string of the molecule is COC(=O)C(C)CN(CCCN(C)C)C(=O)Cc1ccc(F)cc1. The van der Waals surface area contributed by atoms with E-state index in [1.807, 2.05) is 19.0 Å². The van der Waals surface area contributed by atoms with Gasteiger partial charge in [-0.25, -0.2) is 4.39 Å². The van der Waals surface area contributed by atoms with Crippen LogP contribution in [0.1, 0.15) is 18.9 Å². The molecule has 1 rings (SSSR count). The first-order valence-corrected chi connectivity index (χ1v) is 8.08. The van der Waals surface area contributed by atoms with Gasteiger partial charge in [-0.15, -0.1) is 0 Å². The third kappa shape index (κ3) is 7.08. The maximum Gasteiger partial charge on any atom is 0.310 e. The number of hydrogen-bond acceptors (Lipinski definition) is 4. The number of carbonyl (C=O) groups excluding carboxylic acids is 2. The summed E-state index contributed by atoms with van der Waals surface area (Å²) in [7, 11) is 5.29. The van der Waals surface area contributed by atoms with E-state index in [4.69, 9.17) is 4.74 Å². The van der Waals surface area contributed by atoms with Crippen LogP contribution in [0.15, 0.2) is 24.3 Å². The molecule has 24 heavy (non-hydrogen) atoms. The van der Waals surface area contributed by atoms with Gasteiger partial charge in [0.25, 0.3) is 0 Å². The summed E-state index contributed by atoms with van der Waals surface area (Å²) in [4.78, 5) is 28.0. The number of carbonyl (C=O) groups is 2. The van der Waals surface area contributed by atoms with E-state index in [0.717, 1.165) is 18.5 Å². The van der Waals surface area contributed by atoms with Crippen LogP contribution in [0.5, 0.6) is 0 Å². The molecular weight excluding hydrogens is 311 g/mol. The molecule has 0 saturated carbocycles. The molecular formula is C18H27FN2O3. The number of ether oxygens (including phenoxy) is 1. The Kier molecular flexibility index (Phi) is 8.40. The summed E-state index contributed by atoms with van der Waals surface area (Å²) in [6.45, 7) is 3.49. The van der Waals surface area contributed by atoms with Crippen molar-refractivity contribution >= 4 is 11.9 Å². The summed E-state index contributed by atoms with van der Waals surface area (Å²) in [5, 5.41) is 0. The fourth-order valence-electron chi connectivity index (χ4n) is 2.39. The van der Waals surface area contributed by atoms with Crippen molar-refractivity contribution in [3.63, 3.8) is 0 Å². The van der Waals surface area contributed by atoms with Gasteiger partial charge in [0.15, 0.2) is 0 Å². The lowest BCUT2D eigenvalue weighted by molar-refractivity contribution is -0.146. The summed E-state index contributed by atoms with van der Waals surface area (Å²) < 4.78 is 17.7. The third-order valence-corrected chi connectivity index (χ3v) is 3.75. The molecule has 0 fully saturated rings. The molecule has 134 valence electrons. The summed E-state index contributed by atoms with van der Waals surface area (Å²) in [6, 6.07) is 5.90. The van der Waals surface area contributed by atoms with E-state index in [-0.39, 0.29) is 30.0 Å². The first-order chi connectivity index (χ1) is 11.3. The Bertz CT molecular complexity index is 532. The van der Waals surface area contributed by atoms with Crippen LogP contribution in [0.4, 0.5) is 4.39 Å². The van der Waals surface area contributed by atoms with Gasteiger partial charge in [-0.1, -0.05) is 19.1 Å². The van der Waals surface area contributed by atoms with Crippen LogP contribution in [-0.2, 0) is 20.7 Å². The highest BCUT2D eigenvalue weighted by atomic mass is 19.1. The van der Waals surface area contributed by atoms with Crippen molar-refractivity contribution in [2.75, 3.05) is 40.8 Å². The van der Waals surface area contributed by atoms with E-state index >= 15 is 0 Å². The molecule has 0 heterocycles. The van der Waals surface area contributed by atoms with Crippen LogP contribution in [0.25, 0.3) is 0 Å². The maximum atomic E-state index is 13.0. The molecule has 0 bridgehead atoms. The van der Waals surface area contributed by atoms with Crippen LogP contribution in [0.3, 0.4) is 0 Å². The van der Waals surface area contributed by atoms with Gasteiger partial charge in [0, 0.05) is 13.1 Å². The smallest absolute Gasteiger partial charge is 0.310 e. The van der Waals surface area contributed by atoms with Gasteiger partial charge in [-0.05, 0) is 44.8 Å². The van der Waals surface area contributed by atoms with Gasteiger partial charge in [0.05, 0.1) is 19.4 Å². The highest BCUT2D eigenvalue weighted by Crippen LogP contribution is 2.09. The van der Waals surface area contributed by atoms with Gasteiger partial charge in [-0.2, -0.15) is 0 Å². The van der Waals surface area contributed by atoms with Gasteiger partial charge in [-0.3, -0.25) is 9.59 Å². The number of halogens is 1. The Morgan fingerprint density at radius 2 is 1.79 bits per heavy atom. The van der Waals surface area contributed by atoms with Crippen molar-refractivity contribution < 1.29 is 18.7 Å². The highest BCUT2D eigenvalue weighted by molar-refractivity contribution is 5.80. The van der Waals surface area contributed by atoms with E-state index in [9.17, 15) is 14.0 Å². The average Bonchev–Trinajstić information content (AvgIpc) is 2.54. The van der Waals surface area contributed by atoms with E-state index in [2.05, 4.69) is 0 Å². The van der Waals surface area contributed by atoms with Crippen molar-refractivity contribution in [3.05, 3.63) is 35.6 Å². The molecule has 0 aliphatic heterocycles. The second-order valence-corrected chi connectivity index (χ2v) is 6.22. The Morgan fingerprint density at radius 3 is 2.33 bits per heavy atom. The molecule has 1 unspecified atom stereocenters. The first-order valence-electron chi connectivity index (χ1n) is 8.08. The molecule has 0 N–H and O–H groups in total. The van der Waals surface area contributed by atoms with Crippen LogP contribution >= 0.6 is 0 Å². The molecule has 1 atom stereocenters. The lowest BCUT2D eigenvalue weighted by Crippen LogP contribution is -2.39. The van der Waals surface area contributed by atoms with Crippen molar-refractivity contribution in [1.29, 1.82) is 0 Å². The summed E-state index contributed by atoms with van der Waals surface area (Å²) >= 11 is 0. The van der Waals surface area contributed by atoms with Gasteiger partial charge >= 0.3 is 5.97 Å². The molecule has 1 aromatic carbocycles. The Morgan fingerprint density at radius 1 is 1.17 bits per heavy atom. The largest absolute Gasteiger partial charge is 0.469 e. The number of hydrogen-bond donors (Lipinski definition) is 0. The minimum atomic E-state index is -0.383. The fourth-order valence-corrected chi connectivity index (χ4v) is 2.39. The molecule has 6 heteroatoms. The number of nitrogens with zero attached hydrogens (tertiary/aromatic N) is 2. The zero-order chi connectivity index (χ0) is 18.1. The molecule has 0 spiro atoms. The number of esters is 1. The Labute approximate surface area is 143 Å². The van der Waals surface area contributed by atoms with E-state index in [1.54, 1.807) is 24.0 Å². The minimum Gasteiger partial charge on any atom is -0.469 e. The number of rotatable bonds is 9. The van der Waals surface area contributed by atoms with Crippen LogP contribution < -0.4 is 0 Å². The van der Waals surface area contributed by atoms with Crippen molar-refractivity contribution in [2.24, 2.45) is 5.92 Å². The quantitative estimate of drug-likeness (QED) is 0.646. The first kappa shape index (κ1) is 20.1. The highest BCUT2D eigenvalue weighted by Gasteiger charge is 2.21. The summed E-state index contributed by atoms with van der Waals surface area (Å²) in [5.41, 5.74) is 0.754. The molecule has 0 radical (unpaired) electrons. The fraction of sp³-hybridized carbons (Fsp3) is 0.556. The molecule has 1 aromatic rings. The summed E-state index contributed by atoms with van der Waals surface area (Å²) in [6.07, 6.45) is 1.01. The van der Waals surface area contributed by atoms with Crippen molar-refractivity contribution in [3.8, 4) is 0 Å². The molecule has 0 aromatic heterocycles. The van der Waals surface area contributed by atoms with Gasteiger partial charge < -0.3 is 14.5 Å². The lowest BCUT2D eigenvalue weighted by atomic mass is 10.1. The van der Waals surface area contributed by atoms with Crippen LogP contribution in [0.2, 0.25) is 0 Å². The predicted octanol–water partition coefficient (Wildman–Crippen LogP) is 1.96. The van der Waals surface area contributed by atoms with E-state index < -0.39 is 0 Å². The second-order valence-electron chi connectivity index (χ2n) is 6.22. The normalized spacial score (nSPS) is 12.1. The molecule has 0 aliphatic carbocycles. The molecule has 1 amide bonds. The van der Waals surface area contributed by atoms with Gasteiger partial charge in [0.1, 0.15) is 5.82 Å². The third-order valence-electron chi connectivity index (χ3n) is 3.75. The second kappa shape index (κ2) is 10.0. The molecule has 5 nitrogen and oxygen atoms in total. The number of benzene rings is 1. The monoisotopic (exact) mass is 338 g/mol. The van der Waals surface area contributed by atoms with Crippen LogP contribution in [-0.4, -0.2) is 62.5 Å². The number of methoxy groups -OCH3 is 1. The molecule has 0 aliphatic rings. The average molecular weight is 338 g/mol. The number of amides is 1. The Hall–Kier alpha value is -1.95. The minimum absolute atomic E-state index is 0.0730. The topological polar surface area (TPSA) is 49.9 Å². The van der Waals surface area contributed by atoms with E-state index in [0.29, 0.717) is 13.1 Å². The Balaban J connectivity index is 2.71. The predicted molar refractivity (Wildman–Crippen MR) is 91.0 cm³/mol. The van der Waals surface area contributed by atoms with E-state index in [1.165, 1.54) is 19.2 Å². The van der Waals surface area contributed by atoms with Crippen molar-refractivity contribution in [1.82, 2.24) is 9.80 Å². The standard InChI is InChI=1S/C18H27FN2O3/c1-14(18(23)24-4)13-21(11-5-10-20(2)3)17(22)12-15-6-8-16(19)9-7-15/h6-9,14H,5,10-13H2,1-4H3. The van der Waals surface area contributed by atoms with Crippen LogP contribution in [0, 0.1) is 11.7 Å². The van der Waals surface area contributed by atoms with Gasteiger partial charge in [0.2, 0.25) is 5.91 Å². The zero-order valence-corrected chi connectivity index (χ0v) is 14.9. The summed E-state index contributed by atoms with van der Waals surface area (Å²) in [5.74, 6) is -1.11. The van der Waals surface area contributed by atoms with Crippen molar-refractivity contribution in [2.45, 2.75) is 19.8 Å². The maximum absolute atomic E-state index is 13.0. The lowest BCUT2D eigenvalue weighted by Gasteiger charge is -2.26. The molecule has 0 saturated heterocycles.